The van der Waals surface area contributed by atoms with Gasteiger partial charge >= 0.3 is 0 Å². The highest BCUT2D eigenvalue weighted by Gasteiger charge is 2.19. The number of phenolic OH excluding ortho intramolecular Hbond substituents is 2. The molecule has 1 amide bonds. The Morgan fingerprint density at radius 1 is 0.833 bits per heavy atom. The minimum atomic E-state index is -0.723. The number of nitrogens with one attached hydrogen (secondary N) is 1. The van der Waals surface area contributed by atoms with Crippen molar-refractivity contribution in [3.63, 3.8) is 0 Å². The first kappa shape index (κ1) is 19.3. The summed E-state index contributed by atoms with van der Waals surface area (Å²) in [5, 5.41) is 32.9. The highest BCUT2D eigenvalue weighted by atomic mass is 32.1. The number of para-hydroxylation sites is 1. The molecule has 0 unspecified atom stereocenters. The van der Waals surface area contributed by atoms with Crippen LogP contribution in [-0.4, -0.2) is 21.2 Å². The van der Waals surface area contributed by atoms with Crippen molar-refractivity contribution in [3.8, 4) is 11.5 Å². The van der Waals surface area contributed by atoms with E-state index in [2.05, 4.69) is 15.5 Å². The molecule has 0 bridgehead atoms. The van der Waals surface area contributed by atoms with E-state index in [0.717, 1.165) is 0 Å². The quantitative estimate of drug-likeness (QED) is 0.120. The fourth-order valence-electron chi connectivity index (χ4n) is 3.25. The largest absolute Gasteiger partial charge is 0.507 e. The van der Waals surface area contributed by atoms with Crippen LogP contribution in [0.5, 0.6) is 11.5 Å². The number of nitrogens with two attached hydrogens (primary N) is 1. The van der Waals surface area contributed by atoms with Gasteiger partial charge in [-0.3, -0.25) is 4.79 Å². The standard InChI is InChI=1S/C22H16N4O3S/c23-18-16(21(29)25-26-22(30)24-12-6-2-1-3-7-12)11-10-15-17(18)20(28)14-9-5-4-8-13(14)19(15)27/h1-11,27-28H,23H2,(H,24,30). The number of carbonyl (C=O) groups excluding carboxylic acids is 1. The van der Waals surface area contributed by atoms with Crippen LogP contribution in [0.4, 0.5) is 11.4 Å². The summed E-state index contributed by atoms with van der Waals surface area (Å²) in [6, 6.07) is 18.9. The molecule has 5 N–H and O–H groups in total. The lowest BCUT2D eigenvalue weighted by Crippen LogP contribution is -2.07. The maximum atomic E-state index is 12.6. The third-order valence-corrected chi connectivity index (χ3v) is 4.85. The number of amides is 1. The number of carbonyl (C=O) groups is 1. The molecule has 0 aliphatic rings. The number of phenols is 2. The third-order valence-electron chi connectivity index (χ3n) is 4.66. The van der Waals surface area contributed by atoms with Gasteiger partial charge in [-0.05, 0) is 36.5 Å². The first-order valence-corrected chi connectivity index (χ1v) is 9.35. The molecular formula is C22H16N4O3S. The first-order chi connectivity index (χ1) is 14.5. The zero-order valence-corrected chi connectivity index (χ0v) is 16.4. The van der Waals surface area contributed by atoms with Gasteiger partial charge in [-0.2, -0.15) is 0 Å². The zero-order chi connectivity index (χ0) is 21.3. The van der Waals surface area contributed by atoms with Crippen molar-refractivity contribution in [2.75, 3.05) is 11.1 Å². The van der Waals surface area contributed by atoms with Gasteiger partial charge < -0.3 is 21.3 Å². The van der Waals surface area contributed by atoms with E-state index in [4.69, 9.17) is 18.0 Å². The number of hydrogen-bond acceptors (Lipinski definition) is 5. The minimum Gasteiger partial charge on any atom is -0.507 e. The molecule has 0 aliphatic heterocycles. The molecule has 30 heavy (non-hydrogen) atoms. The Bertz CT molecular complexity index is 1340. The second-order valence-corrected chi connectivity index (χ2v) is 6.88. The van der Waals surface area contributed by atoms with Crippen LogP contribution in [0.1, 0.15) is 10.4 Å². The van der Waals surface area contributed by atoms with Gasteiger partial charge in [0.25, 0.3) is 5.91 Å². The van der Waals surface area contributed by atoms with Gasteiger partial charge in [0.15, 0.2) is 0 Å². The summed E-state index contributed by atoms with van der Waals surface area (Å²) in [7, 11) is 0. The molecule has 0 atom stereocenters. The van der Waals surface area contributed by atoms with Crippen LogP contribution in [0, 0.1) is 0 Å². The first-order valence-electron chi connectivity index (χ1n) is 8.94. The van der Waals surface area contributed by atoms with Crippen LogP contribution in [0.2, 0.25) is 0 Å². The summed E-state index contributed by atoms with van der Waals surface area (Å²) >= 11 is 5.08. The molecule has 148 valence electrons. The summed E-state index contributed by atoms with van der Waals surface area (Å²) in [4.78, 5) is 12.6. The Kier molecular flexibility index (Phi) is 4.99. The molecule has 0 heterocycles. The molecule has 8 heteroatoms. The van der Waals surface area contributed by atoms with E-state index in [9.17, 15) is 15.0 Å². The predicted molar refractivity (Wildman–Crippen MR) is 121 cm³/mol. The summed E-state index contributed by atoms with van der Waals surface area (Å²) in [6.45, 7) is 0. The summed E-state index contributed by atoms with van der Waals surface area (Å²) in [5.41, 5.74) is 6.92. The summed E-state index contributed by atoms with van der Waals surface area (Å²) < 4.78 is 0. The van der Waals surface area contributed by atoms with E-state index < -0.39 is 5.91 Å². The van der Waals surface area contributed by atoms with E-state index in [1.165, 1.54) is 12.1 Å². The average molecular weight is 416 g/mol. The molecule has 0 saturated heterocycles. The number of hydrogen-bond donors (Lipinski definition) is 4. The SMILES string of the molecule is Nc1c(C(=O)N=NC(=S)Nc2ccccc2)ccc2c(O)c3ccccc3c(O)c12. The number of anilines is 2. The minimum absolute atomic E-state index is 0.00283. The van der Waals surface area contributed by atoms with Crippen molar-refractivity contribution < 1.29 is 15.0 Å². The van der Waals surface area contributed by atoms with Crippen molar-refractivity contribution in [1.29, 1.82) is 0 Å². The van der Waals surface area contributed by atoms with Crippen LogP contribution >= 0.6 is 12.2 Å². The molecule has 4 aromatic carbocycles. The van der Waals surface area contributed by atoms with Gasteiger partial charge in [0, 0.05) is 21.8 Å². The fraction of sp³-hybridized carbons (Fsp3) is 0. The second kappa shape index (κ2) is 7.76. The van der Waals surface area contributed by atoms with Gasteiger partial charge in [0.1, 0.15) is 11.5 Å². The Labute approximate surface area is 176 Å². The molecule has 0 saturated carbocycles. The van der Waals surface area contributed by atoms with Crippen LogP contribution in [0.25, 0.3) is 21.5 Å². The average Bonchev–Trinajstić information content (AvgIpc) is 2.76. The monoisotopic (exact) mass is 416 g/mol. The maximum Gasteiger partial charge on any atom is 0.297 e. The number of nitrogen functional groups attached to an aromatic ring is 1. The Hall–Kier alpha value is -4.04. The molecule has 0 fully saturated rings. The molecule has 0 aliphatic carbocycles. The third kappa shape index (κ3) is 3.40. The summed E-state index contributed by atoms with van der Waals surface area (Å²) in [5.74, 6) is -0.874. The number of azo groups is 1. The summed E-state index contributed by atoms with van der Waals surface area (Å²) in [6.07, 6.45) is 0. The molecule has 4 aromatic rings. The number of fused-ring (bicyclic) bond motifs is 2. The van der Waals surface area contributed by atoms with E-state index in [1.54, 1.807) is 36.4 Å². The highest BCUT2D eigenvalue weighted by molar-refractivity contribution is 7.80. The van der Waals surface area contributed by atoms with Crippen molar-refractivity contribution in [2.45, 2.75) is 0 Å². The molecule has 7 nitrogen and oxygen atoms in total. The van der Waals surface area contributed by atoms with Crippen LogP contribution in [0.3, 0.4) is 0 Å². The lowest BCUT2D eigenvalue weighted by Gasteiger charge is -2.13. The fourth-order valence-corrected chi connectivity index (χ4v) is 3.41. The number of rotatable bonds is 2. The maximum absolute atomic E-state index is 12.6. The highest BCUT2D eigenvalue weighted by Crippen LogP contribution is 2.44. The van der Waals surface area contributed by atoms with Gasteiger partial charge in [0.05, 0.1) is 16.6 Å². The van der Waals surface area contributed by atoms with Crippen LogP contribution in [-0.2, 0) is 0 Å². The lowest BCUT2D eigenvalue weighted by atomic mass is 9.97. The van der Waals surface area contributed by atoms with Crippen LogP contribution in [0.15, 0.2) is 77.0 Å². The Morgan fingerprint density at radius 3 is 2.17 bits per heavy atom. The molecule has 4 rings (SSSR count). The molecule has 0 radical (unpaired) electrons. The van der Waals surface area contributed by atoms with Gasteiger partial charge in [-0.1, -0.05) is 42.5 Å². The Balaban J connectivity index is 1.70. The molecule has 0 spiro atoms. The number of thiocarbonyl (C=S) groups is 1. The van der Waals surface area contributed by atoms with E-state index in [0.29, 0.717) is 21.8 Å². The Morgan fingerprint density at radius 2 is 1.47 bits per heavy atom. The van der Waals surface area contributed by atoms with Gasteiger partial charge in [0.2, 0.25) is 5.11 Å². The van der Waals surface area contributed by atoms with Crippen LogP contribution < -0.4 is 11.1 Å². The second-order valence-electron chi connectivity index (χ2n) is 6.49. The smallest absolute Gasteiger partial charge is 0.297 e. The van der Waals surface area contributed by atoms with Gasteiger partial charge in [-0.15, -0.1) is 10.2 Å². The predicted octanol–water partition coefficient (Wildman–Crippen LogP) is 4.98. The van der Waals surface area contributed by atoms with Crippen molar-refractivity contribution >= 4 is 56.2 Å². The lowest BCUT2D eigenvalue weighted by molar-refractivity contribution is 0.0996. The topological polar surface area (TPSA) is 120 Å². The number of benzene rings is 4. The van der Waals surface area contributed by atoms with E-state index in [-0.39, 0.29) is 33.2 Å². The van der Waals surface area contributed by atoms with Gasteiger partial charge in [-0.25, -0.2) is 0 Å². The van der Waals surface area contributed by atoms with E-state index in [1.807, 2.05) is 18.2 Å². The zero-order valence-electron chi connectivity index (χ0n) is 15.5. The van der Waals surface area contributed by atoms with Crippen molar-refractivity contribution in [1.82, 2.24) is 0 Å². The van der Waals surface area contributed by atoms with Crippen molar-refractivity contribution in [3.05, 3.63) is 72.3 Å². The number of nitrogens with zero attached hydrogens (tertiary/aromatic N) is 2. The molecule has 0 aromatic heterocycles. The molecular weight excluding hydrogens is 400 g/mol. The van der Waals surface area contributed by atoms with E-state index >= 15 is 0 Å². The van der Waals surface area contributed by atoms with Crippen molar-refractivity contribution in [2.24, 2.45) is 10.2 Å². The number of aromatic hydroxyl groups is 2. The normalized spacial score (nSPS) is 11.2.